The van der Waals surface area contributed by atoms with E-state index in [-0.39, 0.29) is 0 Å². The molecule has 4 nitrogen and oxygen atoms in total. The van der Waals surface area contributed by atoms with Gasteiger partial charge in [-0.2, -0.15) is 0 Å². The van der Waals surface area contributed by atoms with Gasteiger partial charge >= 0.3 is 5.97 Å². The summed E-state index contributed by atoms with van der Waals surface area (Å²) in [5, 5.41) is 0. The van der Waals surface area contributed by atoms with E-state index in [1.54, 1.807) is 0 Å². The van der Waals surface area contributed by atoms with Crippen LogP contribution in [0.2, 0.25) is 0 Å². The van der Waals surface area contributed by atoms with Crippen LogP contribution in [0.25, 0.3) is 11.1 Å². The van der Waals surface area contributed by atoms with Crippen molar-refractivity contribution < 1.29 is 14.3 Å². The number of nitrogen functional groups attached to an aromatic ring is 1. The molecule has 0 radical (unpaired) electrons. The highest BCUT2D eigenvalue weighted by Gasteiger charge is 2.29. The Morgan fingerprint density at radius 3 is 2.17 bits per heavy atom. The molecule has 0 amide bonds. The summed E-state index contributed by atoms with van der Waals surface area (Å²) >= 11 is 3.57. The van der Waals surface area contributed by atoms with E-state index < -0.39 is 12.1 Å². The summed E-state index contributed by atoms with van der Waals surface area (Å²) < 4.78 is 11.2. The van der Waals surface area contributed by atoms with Crippen LogP contribution in [-0.2, 0) is 14.3 Å². The number of hydrogen-bond acceptors (Lipinski definition) is 4. The molecule has 0 saturated carbocycles. The Morgan fingerprint density at radius 1 is 1.08 bits per heavy atom. The largest absolute Gasteiger partial charge is 0.467 e. The molecule has 0 unspecified atom stereocenters. The Labute approximate surface area is 151 Å². The van der Waals surface area contributed by atoms with Crippen molar-refractivity contribution >= 4 is 27.6 Å². The number of aryl methyl sites for hydroxylation is 1. The Bertz CT molecular complexity index is 769. The number of nitrogens with two attached hydrogens (primary N) is 1. The minimum atomic E-state index is -0.833. The molecular formula is C19H22BrNO3. The number of esters is 1. The summed E-state index contributed by atoms with van der Waals surface area (Å²) in [6.07, 6.45) is -0.833. The van der Waals surface area contributed by atoms with E-state index in [1.807, 2.05) is 45.0 Å². The molecule has 0 aromatic heterocycles. The van der Waals surface area contributed by atoms with Gasteiger partial charge < -0.3 is 15.2 Å². The highest BCUT2D eigenvalue weighted by molar-refractivity contribution is 9.10. The molecule has 0 spiro atoms. The van der Waals surface area contributed by atoms with Crippen LogP contribution in [0.15, 0.2) is 28.7 Å². The molecule has 24 heavy (non-hydrogen) atoms. The van der Waals surface area contributed by atoms with E-state index in [4.69, 9.17) is 15.2 Å². The predicted octanol–water partition coefficient (Wildman–Crippen LogP) is 4.48. The minimum Gasteiger partial charge on any atom is -0.467 e. The van der Waals surface area contributed by atoms with Gasteiger partial charge in [0.25, 0.3) is 0 Å². The maximum absolute atomic E-state index is 12.2. The van der Waals surface area contributed by atoms with Crippen LogP contribution in [0, 0.1) is 20.8 Å². The summed E-state index contributed by atoms with van der Waals surface area (Å²) in [6.45, 7) is 5.90. The first kappa shape index (κ1) is 18.5. The topological polar surface area (TPSA) is 61.5 Å². The van der Waals surface area contributed by atoms with Crippen molar-refractivity contribution in [3.63, 3.8) is 0 Å². The number of ether oxygens (including phenoxy) is 2. The molecule has 0 saturated heterocycles. The van der Waals surface area contributed by atoms with Gasteiger partial charge in [0.1, 0.15) is 0 Å². The highest BCUT2D eigenvalue weighted by Crippen LogP contribution is 2.43. The number of carbonyl (C=O) groups excluding carboxylic acids is 1. The first-order valence-electron chi connectivity index (χ1n) is 7.59. The lowest BCUT2D eigenvalue weighted by Crippen LogP contribution is -2.19. The third-order valence-corrected chi connectivity index (χ3v) is 5.29. The Morgan fingerprint density at radius 2 is 1.67 bits per heavy atom. The zero-order chi connectivity index (χ0) is 18.0. The Balaban J connectivity index is 2.85. The van der Waals surface area contributed by atoms with E-state index in [0.29, 0.717) is 5.69 Å². The van der Waals surface area contributed by atoms with Crippen LogP contribution >= 0.6 is 15.9 Å². The lowest BCUT2D eigenvalue weighted by atomic mass is 9.87. The molecule has 2 aromatic rings. The standard InChI is InChI=1S/C19H22BrNO3/c1-10-6-8-13(9-7-10)14-11(2)16(20)17(21)12(3)15(14)18(23-4)19(22)24-5/h6-9,18H,21H2,1-5H3/t18-/m0/s1. The number of anilines is 1. The number of hydrogen-bond donors (Lipinski definition) is 1. The molecule has 2 aromatic carbocycles. The first-order valence-corrected chi connectivity index (χ1v) is 8.38. The predicted molar refractivity (Wildman–Crippen MR) is 100.0 cm³/mol. The smallest absolute Gasteiger partial charge is 0.339 e. The van der Waals surface area contributed by atoms with Crippen LogP contribution < -0.4 is 5.73 Å². The van der Waals surface area contributed by atoms with E-state index in [0.717, 1.165) is 32.3 Å². The van der Waals surface area contributed by atoms with Gasteiger partial charge in [-0.25, -0.2) is 4.79 Å². The average Bonchev–Trinajstić information content (AvgIpc) is 2.59. The molecule has 0 bridgehead atoms. The summed E-state index contributed by atoms with van der Waals surface area (Å²) in [4.78, 5) is 12.2. The lowest BCUT2D eigenvalue weighted by molar-refractivity contribution is -0.152. The van der Waals surface area contributed by atoms with Crippen LogP contribution in [0.3, 0.4) is 0 Å². The molecule has 2 N–H and O–H groups in total. The van der Waals surface area contributed by atoms with E-state index in [9.17, 15) is 4.79 Å². The van der Waals surface area contributed by atoms with Gasteiger partial charge in [0.2, 0.25) is 0 Å². The van der Waals surface area contributed by atoms with Crippen molar-refractivity contribution in [2.45, 2.75) is 26.9 Å². The van der Waals surface area contributed by atoms with E-state index >= 15 is 0 Å². The molecule has 0 fully saturated rings. The summed E-state index contributed by atoms with van der Waals surface area (Å²) in [6, 6.07) is 8.15. The van der Waals surface area contributed by atoms with E-state index in [2.05, 4.69) is 15.9 Å². The minimum absolute atomic E-state index is 0.449. The van der Waals surface area contributed by atoms with Crippen molar-refractivity contribution in [2.24, 2.45) is 0 Å². The molecule has 0 aliphatic carbocycles. The fourth-order valence-corrected chi connectivity index (χ4v) is 3.37. The van der Waals surface area contributed by atoms with Gasteiger partial charge in [-0.15, -0.1) is 0 Å². The van der Waals surface area contributed by atoms with Crippen LogP contribution in [0.1, 0.15) is 28.4 Å². The fourth-order valence-electron chi connectivity index (χ4n) is 2.87. The third kappa shape index (κ3) is 3.19. The zero-order valence-corrected chi connectivity index (χ0v) is 16.2. The van der Waals surface area contributed by atoms with Crippen molar-refractivity contribution in [3.05, 3.63) is 51.0 Å². The molecular weight excluding hydrogens is 370 g/mol. The van der Waals surface area contributed by atoms with Crippen molar-refractivity contribution in [1.82, 2.24) is 0 Å². The molecule has 5 heteroatoms. The van der Waals surface area contributed by atoms with Crippen LogP contribution in [0.5, 0.6) is 0 Å². The lowest BCUT2D eigenvalue weighted by Gasteiger charge is -2.24. The van der Waals surface area contributed by atoms with Gasteiger partial charge in [-0.05, 0) is 59.0 Å². The van der Waals surface area contributed by atoms with Crippen molar-refractivity contribution in [1.29, 1.82) is 0 Å². The number of benzene rings is 2. The number of methoxy groups -OCH3 is 2. The molecule has 128 valence electrons. The van der Waals surface area contributed by atoms with Crippen LogP contribution in [-0.4, -0.2) is 20.2 Å². The Hall–Kier alpha value is -1.85. The maximum atomic E-state index is 12.2. The second-order valence-corrected chi connectivity index (χ2v) is 6.56. The molecule has 0 heterocycles. The molecule has 0 aliphatic heterocycles. The quantitative estimate of drug-likeness (QED) is 0.616. The van der Waals surface area contributed by atoms with Gasteiger partial charge in [0, 0.05) is 22.8 Å². The summed E-state index contributed by atoms with van der Waals surface area (Å²) in [5.41, 5.74) is 12.4. The summed E-state index contributed by atoms with van der Waals surface area (Å²) in [7, 11) is 2.85. The highest BCUT2D eigenvalue weighted by atomic mass is 79.9. The summed E-state index contributed by atoms with van der Waals surface area (Å²) in [5.74, 6) is -0.449. The van der Waals surface area contributed by atoms with Crippen molar-refractivity contribution in [3.8, 4) is 11.1 Å². The van der Waals surface area contributed by atoms with Gasteiger partial charge in [0.05, 0.1) is 7.11 Å². The second-order valence-electron chi connectivity index (χ2n) is 5.77. The van der Waals surface area contributed by atoms with Gasteiger partial charge in [0.15, 0.2) is 6.10 Å². The fraction of sp³-hybridized carbons (Fsp3) is 0.316. The number of rotatable bonds is 4. The molecule has 0 aliphatic rings. The normalized spacial score (nSPS) is 12.1. The number of carbonyl (C=O) groups is 1. The van der Waals surface area contributed by atoms with Gasteiger partial charge in [-0.3, -0.25) is 0 Å². The molecule has 2 rings (SSSR count). The SMILES string of the molecule is COC(=O)[C@@H](OC)c1c(C)c(N)c(Br)c(C)c1-c1ccc(C)cc1. The second kappa shape index (κ2) is 7.36. The maximum Gasteiger partial charge on any atom is 0.339 e. The number of halogens is 1. The van der Waals surface area contributed by atoms with Gasteiger partial charge in [-0.1, -0.05) is 29.8 Å². The zero-order valence-electron chi connectivity index (χ0n) is 14.6. The van der Waals surface area contributed by atoms with Crippen molar-refractivity contribution in [2.75, 3.05) is 20.0 Å². The van der Waals surface area contributed by atoms with Crippen LogP contribution in [0.4, 0.5) is 5.69 Å². The monoisotopic (exact) mass is 391 g/mol. The first-order chi connectivity index (χ1) is 11.3. The van der Waals surface area contributed by atoms with E-state index in [1.165, 1.54) is 19.8 Å². The average molecular weight is 392 g/mol. The molecule has 1 atom stereocenters. The third-order valence-electron chi connectivity index (χ3n) is 4.27. The Kier molecular flexibility index (Phi) is 5.67.